The van der Waals surface area contributed by atoms with Gasteiger partial charge in [-0.05, 0) is 63.6 Å². The van der Waals surface area contributed by atoms with Gasteiger partial charge in [-0.2, -0.15) is 0 Å². The zero-order chi connectivity index (χ0) is 32.0. The number of nitrogens with one attached hydrogen (secondary N) is 1. The van der Waals surface area contributed by atoms with Gasteiger partial charge in [-0.1, -0.05) is 12.1 Å². The van der Waals surface area contributed by atoms with E-state index < -0.39 is 23.3 Å². The summed E-state index contributed by atoms with van der Waals surface area (Å²) in [6.07, 6.45) is 2.63. The predicted molar refractivity (Wildman–Crippen MR) is 161 cm³/mol. The van der Waals surface area contributed by atoms with Gasteiger partial charge in [0.1, 0.15) is 22.9 Å². The third-order valence-electron chi connectivity index (χ3n) is 9.55. The Bertz CT molecular complexity index is 1500. The van der Waals surface area contributed by atoms with Crippen LogP contribution in [0.15, 0.2) is 29.1 Å². The zero-order valence-electron chi connectivity index (χ0n) is 26.5. The van der Waals surface area contributed by atoms with Crippen LogP contribution in [0, 0.1) is 18.2 Å². The Labute approximate surface area is 257 Å². The largest absolute Gasteiger partial charge is 0.373 e. The van der Waals surface area contributed by atoms with E-state index in [0.29, 0.717) is 36.3 Å². The highest BCUT2D eigenvalue weighted by Crippen LogP contribution is 2.52. The van der Waals surface area contributed by atoms with Crippen molar-refractivity contribution < 1.29 is 23.5 Å². The van der Waals surface area contributed by atoms with Gasteiger partial charge in [-0.3, -0.25) is 28.6 Å². The summed E-state index contributed by atoms with van der Waals surface area (Å²) in [7, 11) is 4.64. The lowest BCUT2D eigenvalue weighted by Gasteiger charge is -2.48. The van der Waals surface area contributed by atoms with Gasteiger partial charge in [-0.15, -0.1) is 0 Å². The van der Waals surface area contributed by atoms with Crippen LogP contribution in [-0.4, -0.2) is 95.0 Å². The third kappa shape index (κ3) is 6.01. The fourth-order valence-electron chi connectivity index (χ4n) is 7.24. The summed E-state index contributed by atoms with van der Waals surface area (Å²) < 4.78 is 21.3. The van der Waals surface area contributed by atoms with Crippen LogP contribution < -0.4 is 10.9 Å². The maximum atomic E-state index is 13.8. The van der Waals surface area contributed by atoms with Crippen LogP contribution in [0.4, 0.5) is 4.39 Å². The summed E-state index contributed by atoms with van der Waals surface area (Å²) in [5.74, 6) is -1.91. The molecule has 4 aliphatic rings. The molecule has 2 bridgehead atoms. The number of amides is 3. The van der Waals surface area contributed by atoms with E-state index in [2.05, 4.69) is 24.1 Å². The number of hydrogen-bond donors (Lipinski definition) is 1. The van der Waals surface area contributed by atoms with Crippen molar-refractivity contribution in [1.29, 1.82) is 0 Å². The van der Waals surface area contributed by atoms with Crippen molar-refractivity contribution in [3.63, 3.8) is 0 Å². The van der Waals surface area contributed by atoms with Gasteiger partial charge in [-0.25, -0.2) is 9.37 Å². The number of carbonyl (C=O) groups excluding carboxylic acids is 3. The number of nitrogens with zero attached hydrogens (tertiary/aromatic N) is 5. The molecule has 2 atom stereocenters. The minimum absolute atomic E-state index is 0.0607. The maximum Gasteiger partial charge on any atom is 0.312 e. The number of likely N-dealkylation sites (N-methyl/N-ethyl adjacent to an activating group) is 2. The van der Waals surface area contributed by atoms with Gasteiger partial charge >= 0.3 is 11.8 Å². The number of aryl methyl sites for hydroxylation is 1. The quantitative estimate of drug-likeness (QED) is 0.498. The predicted octanol–water partition coefficient (Wildman–Crippen LogP) is 2.05. The highest BCUT2D eigenvalue weighted by molar-refractivity contribution is 6.34. The Hall–Kier alpha value is -3.64. The van der Waals surface area contributed by atoms with Crippen LogP contribution in [0.2, 0.25) is 0 Å². The molecule has 238 valence electrons. The van der Waals surface area contributed by atoms with Gasteiger partial charge in [0, 0.05) is 65.3 Å². The SMILES string of the molecule is Cc1cc(CNC(=O)c2cc(=O)n3c(n2)C2(N(C)C(=O)C(=O)N(C)C)CCC(CN4CC(C)OC(C)C4)(CC2)C3)ccc1F. The fraction of sp³-hybridized carbons (Fsp3) is 0.594. The summed E-state index contributed by atoms with van der Waals surface area (Å²) in [6, 6.07) is 5.83. The molecule has 1 aromatic carbocycles. The molecule has 4 heterocycles. The smallest absolute Gasteiger partial charge is 0.312 e. The summed E-state index contributed by atoms with van der Waals surface area (Å²) >= 11 is 0. The van der Waals surface area contributed by atoms with Crippen LogP contribution in [0.1, 0.15) is 67.0 Å². The highest BCUT2D eigenvalue weighted by Gasteiger charge is 2.54. The number of morpholine rings is 1. The molecule has 44 heavy (non-hydrogen) atoms. The number of carbonyl (C=O) groups is 3. The van der Waals surface area contributed by atoms with E-state index in [9.17, 15) is 23.6 Å². The molecule has 1 saturated heterocycles. The van der Waals surface area contributed by atoms with Crippen LogP contribution in [0.25, 0.3) is 0 Å². The Morgan fingerprint density at radius 3 is 2.32 bits per heavy atom. The first kappa shape index (κ1) is 31.8. The lowest BCUT2D eigenvalue weighted by molar-refractivity contribution is -0.155. The van der Waals surface area contributed by atoms with Crippen molar-refractivity contribution in [2.45, 2.75) is 77.3 Å². The molecule has 1 saturated carbocycles. The van der Waals surface area contributed by atoms with E-state index in [-0.39, 0.29) is 41.2 Å². The molecule has 12 heteroatoms. The summed E-state index contributed by atoms with van der Waals surface area (Å²) in [4.78, 5) is 63.3. The minimum Gasteiger partial charge on any atom is -0.373 e. The Morgan fingerprint density at radius 2 is 1.70 bits per heavy atom. The summed E-state index contributed by atoms with van der Waals surface area (Å²) in [5.41, 5.74) is -0.562. The Morgan fingerprint density at radius 1 is 1.05 bits per heavy atom. The van der Waals surface area contributed by atoms with Crippen molar-refractivity contribution in [3.05, 3.63) is 63.1 Å². The molecule has 6 rings (SSSR count). The van der Waals surface area contributed by atoms with Crippen molar-refractivity contribution in [3.8, 4) is 0 Å². The zero-order valence-corrected chi connectivity index (χ0v) is 26.5. The number of hydrogen-bond acceptors (Lipinski definition) is 7. The molecule has 0 spiro atoms. The number of fused-ring (bicyclic) bond motifs is 2. The number of aromatic nitrogens is 2. The molecular formula is C32H43FN6O5. The van der Waals surface area contributed by atoms with E-state index in [1.807, 2.05) is 0 Å². The second kappa shape index (κ2) is 12.0. The number of halogens is 1. The van der Waals surface area contributed by atoms with Crippen molar-refractivity contribution in [1.82, 2.24) is 29.6 Å². The number of benzene rings is 1. The minimum atomic E-state index is -1.04. The van der Waals surface area contributed by atoms with Crippen LogP contribution >= 0.6 is 0 Å². The van der Waals surface area contributed by atoms with Gasteiger partial charge in [0.15, 0.2) is 0 Å². The van der Waals surface area contributed by atoms with Crippen molar-refractivity contribution >= 4 is 17.7 Å². The van der Waals surface area contributed by atoms with E-state index in [4.69, 9.17) is 9.72 Å². The second-order valence-corrected chi connectivity index (χ2v) is 13.2. The Kier molecular flexibility index (Phi) is 8.69. The molecule has 3 amide bonds. The topological polar surface area (TPSA) is 117 Å². The van der Waals surface area contributed by atoms with Crippen molar-refractivity contribution in [2.75, 3.05) is 40.8 Å². The molecule has 1 aromatic heterocycles. The van der Waals surface area contributed by atoms with Gasteiger partial charge in [0.25, 0.3) is 11.5 Å². The second-order valence-electron chi connectivity index (χ2n) is 13.2. The van der Waals surface area contributed by atoms with Crippen LogP contribution in [0.5, 0.6) is 0 Å². The third-order valence-corrected chi connectivity index (χ3v) is 9.55. The molecule has 2 fully saturated rings. The molecule has 11 nitrogen and oxygen atoms in total. The summed E-state index contributed by atoms with van der Waals surface area (Å²) in [5, 5.41) is 2.79. The van der Waals surface area contributed by atoms with Gasteiger partial charge < -0.3 is 19.9 Å². The maximum absolute atomic E-state index is 13.8. The lowest BCUT2D eigenvalue weighted by atomic mass is 9.67. The first-order chi connectivity index (χ1) is 20.7. The Balaban J connectivity index is 1.51. The van der Waals surface area contributed by atoms with E-state index >= 15 is 0 Å². The fourth-order valence-corrected chi connectivity index (χ4v) is 7.24. The average Bonchev–Trinajstić information content (AvgIpc) is 3.20. The van der Waals surface area contributed by atoms with Gasteiger partial charge in [0.2, 0.25) is 0 Å². The average molecular weight is 611 g/mol. The van der Waals surface area contributed by atoms with E-state index in [1.165, 1.54) is 36.0 Å². The first-order valence-electron chi connectivity index (χ1n) is 15.3. The molecule has 3 aliphatic heterocycles. The number of ether oxygens (including phenoxy) is 1. The number of rotatable bonds is 6. The first-order valence-corrected chi connectivity index (χ1v) is 15.3. The molecule has 2 unspecified atom stereocenters. The molecule has 1 aliphatic carbocycles. The molecule has 1 N–H and O–H groups in total. The monoisotopic (exact) mass is 610 g/mol. The standard InChI is InChI=1S/C32H43FN6O5/c1-20-13-23(7-8-24(20)33)15-34-27(41)25-14-26(40)39-19-31(18-38-16-21(2)44-22(3)17-38)9-11-32(12-10-31,30(39)35-25)37(6)29(43)28(42)36(4)5/h7-8,13-14,21-22H,9-12,15-19H2,1-6H3,(H,34,41). The van der Waals surface area contributed by atoms with Crippen LogP contribution in [-0.2, 0) is 33.0 Å². The van der Waals surface area contributed by atoms with E-state index in [0.717, 1.165) is 32.5 Å². The van der Waals surface area contributed by atoms with E-state index in [1.54, 1.807) is 30.7 Å². The lowest BCUT2D eigenvalue weighted by Crippen LogP contribution is -2.55. The molecule has 2 aromatic rings. The molecular weight excluding hydrogens is 567 g/mol. The van der Waals surface area contributed by atoms with Gasteiger partial charge in [0.05, 0.1) is 12.2 Å². The van der Waals surface area contributed by atoms with Crippen molar-refractivity contribution in [2.24, 2.45) is 5.41 Å². The normalized spacial score (nSPS) is 26.4. The van der Waals surface area contributed by atoms with Crippen LogP contribution in [0.3, 0.4) is 0 Å². The molecule has 0 radical (unpaired) electrons. The summed E-state index contributed by atoms with van der Waals surface area (Å²) in [6.45, 7) is 8.65. The highest BCUT2D eigenvalue weighted by atomic mass is 19.1.